The zero-order valence-electron chi connectivity index (χ0n) is 18.1. The van der Waals surface area contributed by atoms with E-state index in [-0.39, 0.29) is 23.2 Å². The first-order chi connectivity index (χ1) is 15.3. The van der Waals surface area contributed by atoms with Crippen molar-refractivity contribution in [2.24, 2.45) is 0 Å². The van der Waals surface area contributed by atoms with Crippen LogP contribution in [0.15, 0.2) is 36.4 Å². The van der Waals surface area contributed by atoms with Crippen molar-refractivity contribution in [2.45, 2.75) is 6.42 Å². The van der Waals surface area contributed by atoms with Gasteiger partial charge in [-0.25, -0.2) is 9.59 Å². The smallest absolute Gasteiger partial charge is 0.337 e. The molecular weight excluding hydrogens is 422 g/mol. The molecule has 0 heterocycles. The second kappa shape index (κ2) is 11.3. The third-order valence-corrected chi connectivity index (χ3v) is 4.25. The van der Waals surface area contributed by atoms with Gasteiger partial charge in [-0.15, -0.1) is 0 Å². The van der Waals surface area contributed by atoms with Crippen LogP contribution in [-0.4, -0.2) is 58.9 Å². The molecule has 0 saturated carbocycles. The first-order valence-corrected chi connectivity index (χ1v) is 9.29. The number of benzene rings is 2. The Morgan fingerprint density at radius 3 is 1.97 bits per heavy atom. The lowest BCUT2D eigenvalue weighted by Gasteiger charge is -2.11. The second-order valence-electron chi connectivity index (χ2n) is 6.35. The van der Waals surface area contributed by atoms with Crippen LogP contribution in [-0.2, 0) is 30.2 Å². The minimum atomic E-state index is -0.703. The summed E-state index contributed by atoms with van der Waals surface area (Å²) in [5, 5.41) is 2.46. The van der Waals surface area contributed by atoms with Gasteiger partial charge in [-0.1, -0.05) is 6.07 Å². The molecule has 0 bridgehead atoms. The molecule has 0 aliphatic rings. The molecule has 0 unspecified atom stereocenters. The summed E-state index contributed by atoms with van der Waals surface area (Å²) >= 11 is 0. The Hall–Kier alpha value is -4.08. The van der Waals surface area contributed by atoms with Crippen molar-refractivity contribution in [2.75, 3.05) is 40.4 Å². The van der Waals surface area contributed by atoms with Crippen LogP contribution in [0.4, 0.5) is 5.69 Å². The average molecular weight is 445 g/mol. The molecule has 0 spiro atoms. The van der Waals surface area contributed by atoms with Crippen molar-refractivity contribution in [3.05, 3.63) is 53.1 Å². The Morgan fingerprint density at radius 2 is 1.44 bits per heavy atom. The van der Waals surface area contributed by atoms with Gasteiger partial charge in [0.15, 0.2) is 6.61 Å². The van der Waals surface area contributed by atoms with Gasteiger partial charge >= 0.3 is 17.9 Å². The van der Waals surface area contributed by atoms with Gasteiger partial charge in [-0.05, 0) is 24.3 Å². The maximum atomic E-state index is 12.2. The van der Waals surface area contributed by atoms with Crippen molar-refractivity contribution >= 4 is 29.5 Å². The van der Waals surface area contributed by atoms with E-state index < -0.39 is 30.4 Å². The molecule has 0 fully saturated rings. The molecule has 2 rings (SSSR count). The molecule has 10 heteroatoms. The van der Waals surface area contributed by atoms with Crippen LogP contribution in [0.1, 0.15) is 26.3 Å². The highest BCUT2D eigenvalue weighted by atomic mass is 16.5. The third-order valence-electron chi connectivity index (χ3n) is 4.25. The SMILES string of the molecule is COC(=O)c1cc(NC(=O)COC(=O)Cc2ccc(OC)cc2OC)cc(C(=O)OC)c1. The number of methoxy groups -OCH3 is 4. The van der Waals surface area contributed by atoms with E-state index in [2.05, 4.69) is 14.8 Å². The quantitative estimate of drug-likeness (QED) is 0.455. The number of carbonyl (C=O) groups excluding carboxylic acids is 4. The fourth-order valence-electron chi connectivity index (χ4n) is 2.72. The van der Waals surface area contributed by atoms with Crippen molar-refractivity contribution in [1.82, 2.24) is 0 Å². The van der Waals surface area contributed by atoms with Crippen LogP contribution in [0.3, 0.4) is 0 Å². The summed E-state index contributed by atoms with van der Waals surface area (Å²) in [4.78, 5) is 48.0. The number of esters is 3. The minimum Gasteiger partial charge on any atom is -0.497 e. The molecule has 0 radical (unpaired) electrons. The van der Waals surface area contributed by atoms with Gasteiger partial charge in [-0.3, -0.25) is 9.59 Å². The summed E-state index contributed by atoms with van der Waals surface area (Å²) < 4.78 is 24.6. The zero-order valence-corrected chi connectivity index (χ0v) is 18.1. The number of anilines is 1. The molecule has 1 N–H and O–H groups in total. The van der Waals surface area contributed by atoms with Crippen LogP contribution >= 0.6 is 0 Å². The summed E-state index contributed by atoms with van der Waals surface area (Å²) in [6.45, 7) is -0.576. The number of hydrogen-bond donors (Lipinski definition) is 1. The standard InChI is InChI=1S/C22H23NO9/c1-28-17-6-5-13(18(11-17)29-2)10-20(25)32-12-19(24)23-16-8-14(21(26)30-3)7-15(9-16)22(27)31-4/h5-9,11H,10,12H2,1-4H3,(H,23,24). The predicted molar refractivity (Wildman–Crippen MR) is 112 cm³/mol. The fraction of sp³-hybridized carbons (Fsp3) is 0.273. The highest BCUT2D eigenvalue weighted by molar-refractivity contribution is 6.00. The van der Waals surface area contributed by atoms with Crippen molar-refractivity contribution in [1.29, 1.82) is 0 Å². The Kier molecular flexibility index (Phi) is 8.58. The Labute approximate surface area is 184 Å². The molecule has 0 saturated heterocycles. The van der Waals surface area contributed by atoms with E-state index in [0.717, 1.165) is 0 Å². The molecule has 0 aromatic heterocycles. The molecule has 10 nitrogen and oxygen atoms in total. The fourth-order valence-corrected chi connectivity index (χ4v) is 2.72. The molecule has 2 aromatic carbocycles. The van der Waals surface area contributed by atoms with Crippen LogP contribution in [0, 0.1) is 0 Å². The van der Waals surface area contributed by atoms with E-state index in [0.29, 0.717) is 17.1 Å². The molecule has 170 valence electrons. The number of amides is 1. The zero-order chi connectivity index (χ0) is 23.7. The Balaban J connectivity index is 2.02. The molecule has 2 aromatic rings. The van der Waals surface area contributed by atoms with Crippen LogP contribution in [0.25, 0.3) is 0 Å². The summed E-state index contributed by atoms with van der Waals surface area (Å²) in [5.74, 6) is -1.71. The largest absolute Gasteiger partial charge is 0.497 e. The Morgan fingerprint density at radius 1 is 0.812 bits per heavy atom. The number of ether oxygens (including phenoxy) is 5. The van der Waals surface area contributed by atoms with Gasteiger partial charge < -0.3 is 29.0 Å². The predicted octanol–water partition coefficient (Wildman–Crippen LogP) is 2.00. The van der Waals surface area contributed by atoms with Gasteiger partial charge in [-0.2, -0.15) is 0 Å². The molecule has 32 heavy (non-hydrogen) atoms. The highest BCUT2D eigenvalue weighted by Crippen LogP contribution is 2.25. The van der Waals surface area contributed by atoms with E-state index in [1.54, 1.807) is 18.2 Å². The number of rotatable bonds is 9. The Bertz CT molecular complexity index is 982. The van der Waals surface area contributed by atoms with E-state index in [9.17, 15) is 19.2 Å². The summed E-state index contributed by atoms with van der Waals surface area (Å²) in [7, 11) is 5.34. The summed E-state index contributed by atoms with van der Waals surface area (Å²) in [6.07, 6.45) is -0.120. The lowest BCUT2D eigenvalue weighted by Crippen LogP contribution is -2.22. The van der Waals surface area contributed by atoms with Gasteiger partial charge in [0.2, 0.25) is 0 Å². The van der Waals surface area contributed by atoms with Crippen molar-refractivity contribution in [3.8, 4) is 11.5 Å². The summed E-state index contributed by atoms with van der Waals surface area (Å²) in [6, 6.07) is 8.87. The van der Waals surface area contributed by atoms with Gasteiger partial charge in [0.05, 0.1) is 46.0 Å². The van der Waals surface area contributed by atoms with Gasteiger partial charge in [0.1, 0.15) is 11.5 Å². The summed E-state index contributed by atoms with van der Waals surface area (Å²) in [5.41, 5.74) is 0.766. The van der Waals surface area contributed by atoms with Crippen LogP contribution in [0.2, 0.25) is 0 Å². The maximum absolute atomic E-state index is 12.2. The van der Waals surface area contributed by atoms with E-state index in [1.165, 1.54) is 46.6 Å². The van der Waals surface area contributed by atoms with Gasteiger partial charge in [0.25, 0.3) is 5.91 Å². The number of nitrogens with one attached hydrogen (secondary N) is 1. The third kappa shape index (κ3) is 6.46. The number of hydrogen-bond acceptors (Lipinski definition) is 9. The van der Waals surface area contributed by atoms with E-state index in [4.69, 9.17) is 14.2 Å². The first-order valence-electron chi connectivity index (χ1n) is 9.29. The van der Waals surface area contributed by atoms with Crippen LogP contribution in [0.5, 0.6) is 11.5 Å². The molecule has 1 amide bonds. The lowest BCUT2D eigenvalue weighted by atomic mass is 10.1. The second-order valence-corrected chi connectivity index (χ2v) is 6.35. The molecular formula is C22H23NO9. The average Bonchev–Trinajstić information content (AvgIpc) is 2.81. The van der Waals surface area contributed by atoms with Crippen molar-refractivity contribution in [3.63, 3.8) is 0 Å². The minimum absolute atomic E-state index is 0.0364. The topological polar surface area (TPSA) is 126 Å². The normalized spacial score (nSPS) is 10.0. The monoisotopic (exact) mass is 445 g/mol. The molecule has 0 atom stereocenters. The first kappa shape index (κ1) is 24.2. The number of carbonyl (C=O) groups is 4. The van der Waals surface area contributed by atoms with Crippen LogP contribution < -0.4 is 14.8 Å². The van der Waals surface area contributed by atoms with Gasteiger partial charge in [0, 0.05) is 17.3 Å². The van der Waals surface area contributed by atoms with E-state index >= 15 is 0 Å². The van der Waals surface area contributed by atoms with E-state index in [1.807, 2.05) is 0 Å². The lowest BCUT2D eigenvalue weighted by molar-refractivity contribution is -0.146. The highest BCUT2D eigenvalue weighted by Gasteiger charge is 2.16. The maximum Gasteiger partial charge on any atom is 0.337 e. The molecule has 0 aliphatic heterocycles. The molecule has 0 aliphatic carbocycles. The van der Waals surface area contributed by atoms with Crippen molar-refractivity contribution < 1.29 is 42.9 Å².